The Morgan fingerprint density at radius 1 is 1.47 bits per heavy atom. The molecular weight excluding hydrogens is 258 g/mol. The van der Waals surface area contributed by atoms with Gasteiger partial charge in [0.25, 0.3) is 0 Å². The van der Waals surface area contributed by atoms with Gasteiger partial charge in [0.05, 0.1) is 12.4 Å². The molecule has 0 aliphatic carbocycles. The number of hydrogen-bond donors (Lipinski definition) is 1. The zero-order valence-corrected chi connectivity index (χ0v) is 12.2. The topological polar surface area (TPSA) is 40.5 Å². The Bertz CT molecular complexity index is 477. The van der Waals surface area contributed by atoms with Crippen molar-refractivity contribution >= 4 is 17.7 Å². The van der Waals surface area contributed by atoms with E-state index in [1.54, 1.807) is 4.90 Å². The molecule has 0 atom stereocenters. The first-order chi connectivity index (χ1) is 9.17. The minimum absolute atomic E-state index is 0.0820. The molecule has 1 aromatic rings. The van der Waals surface area contributed by atoms with Crippen LogP contribution in [0.25, 0.3) is 0 Å². The van der Waals surface area contributed by atoms with Crippen LogP contribution in [0.2, 0.25) is 0 Å². The molecule has 1 N–H and O–H groups in total. The lowest BCUT2D eigenvalue weighted by Gasteiger charge is -2.16. The Labute approximate surface area is 119 Å². The van der Waals surface area contributed by atoms with Crippen LogP contribution in [0.4, 0.5) is 0 Å². The molecule has 0 fully saturated rings. The van der Waals surface area contributed by atoms with Gasteiger partial charge < -0.3 is 10.0 Å². The van der Waals surface area contributed by atoms with Gasteiger partial charge in [-0.15, -0.1) is 0 Å². The predicted molar refractivity (Wildman–Crippen MR) is 79.9 cm³/mol. The van der Waals surface area contributed by atoms with Crippen LogP contribution in [-0.4, -0.2) is 41.6 Å². The Morgan fingerprint density at radius 2 is 2.26 bits per heavy atom. The van der Waals surface area contributed by atoms with Crippen molar-refractivity contribution in [2.24, 2.45) is 0 Å². The first-order valence-corrected chi connectivity index (χ1v) is 7.48. The molecule has 0 aliphatic heterocycles. The summed E-state index contributed by atoms with van der Waals surface area (Å²) in [5.74, 6) is 6.52. The molecule has 0 radical (unpaired) electrons. The number of aliphatic hydroxyl groups is 1. The molecule has 0 unspecified atom stereocenters. The average Bonchev–Trinajstić information content (AvgIpc) is 2.40. The first kappa shape index (κ1) is 15.6. The summed E-state index contributed by atoms with van der Waals surface area (Å²) in [6, 6.07) is 7.83. The number of aliphatic hydroxyl groups excluding tert-OH is 1. The van der Waals surface area contributed by atoms with Crippen molar-refractivity contribution in [2.45, 2.75) is 13.0 Å². The summed E-state index contributed by atoms with van der Waals surface area (Å²) >= 11 is 1.53. The van der Waals surface area contributed by atoms with E-state index in [-0.39, 0.29) is 12.5 Å². The number of rotatable bonds is 5. The maximum Gasteiger partial charge on any atom is 0.232 e. The zero-order valence-electron chi connectivity index (χ0n) is 11.3. The molecule has 0 heterocycles. The first-order valence-electron chi connectivity index (χ1n) is 6.09. The molecule has 4 heteroatoms. The largest absolute Gasteiger partial charge is 0.395 e. The van der Waals surface area contributed by atoms with Crippen molar-refractivity contribution < 1.29 is 9.90 Å². The lowest BCUT2D eigenvalue weighted by atomic mass is 10.1. The van der Waals surface area contributed by atoms with Crippen LogP contribution >= 0.6 is 11.8 Å². The number of nitrogens with zero attached hydrogens (tertiary/aromatic N) is 1. The maximum atomic E-state index is 11.7. The molecule has 0 aromatic heterocycles. The van der Waals surface area contributed by atoms with Crippen LogP contribution in [-0.2, 0) is 11.3 Å². The van der Waals surface area contributed by atoms with Crippen LogP contribution < -0.4 is 0 Å². The summed E-state index contributed by atoms with van der Waals surface area (Å²) in [7, 11) is 1.81. The highest BCUT2D eigenvalue weighted by molar-refractivity contribution is 7.99. The number of benzene rings is 1. The summed E-state index contributed by atoms with van der Waals surface area (Å²) < 4.78 is 0. The van der Waals surface area contributed by atoms with Gasteiger partial charge in [-0.25, -0.2) is 0 Å². The van der Waals surface area contributed by atoms with Gasteiger partial charge in [-0.05, 0) is 24.0 Å². The van der Waals surface area contributed by atoms with Crippen molar-refractivity contribution in [3.05, 3.63) is 35.4 Å². The predicted octanol–water partition coefficient (Wildman–Crippen LogP) is 1.74. The highest BCUT2D eigenvalue weighted by atomic mass is 32.2. The van der Waals surface area contributed by atoms with Crippen molar-refractivity contribution in [3.8, 4) is 11.8 Å². The van der Waals surface area contributed by atoms with Crippen molar-refractivity contribution in [1.82, 2.24) is 4.90 Å². The van der Waals surface area contributed by atoms with Crippen LogP contribution in [0.15, 0.2) is 24.3 Å². The fourth-order valence-corrected chi connectivity index (χ4v) is 2.03. The normalized spacial score (nSPS) is 9.63. The van der Waals surface area contributed by atoms with Gasteiger partial charge in [-0.1, -0.05) is 24.0 Å². The molecule has 0 aliphatic rings. The summed E-state index contributed by atoms with van der Waals surface area (Å²) in [6.07, 6.45) is 2.40. The minimum atomic E-state index is 0.0820. The van der Waals surface area contributed by atoms with E-state index in [2.05, 4.69) is 11.8 Å². The third-order valence-electron chi connectivity index (χ3n) is 2.51. The van der Waals surface area contributed by atoms with Crippen LogP contribution in [0, 0.1) is 11.8 Å². The number of carbonyl (C=O) groups is 1. The highest BCUT2D eigenvalue weighted by Gasteiger charge is 2.08. The van der Waals surface area contributed by atoms with Crippen LogP contribution in [0.3, 0.4) is 0 Å². The van der Waals surface area contributed by atoms with E-state index in [0.717, 1.165) is 11.1 Å². The van der Waals surface area contributed by atoms with Gasteiger partial charge in [0.2, 0.25) is 5.91 Å². The van der Waals surface area contributed by atoms with E-state index >= 15 is 0 Å². The molecule has 0 spiro atoms. The van der Waals surface area contributed by atoms with E-state index in [1.807, 2.05) is 37.6 Å². The lowest BCUT2D eigenvalue weighted by Crippen LogP contribution is -2.27. The summed E-state index contributed by atoms with van der Waals surface area (Å²) in [5.41, 5.74) is 1.98. The van der Waals surface area contributed by atoms with Gasteiger partial charge in [-0.2, -0.15) is 11.8 Å². The second kappa shape index (κ2) is 8.63. The molecule has 0 saturated heterocycles. The summed E-state index contributed by atoms with van der Waals surface area (Å²) in [4.78, 5) is 13.4. The highest BCUT2D eigenvalue weighted by Crippen LogP contribution is 2.08. The third kappa shape index (κ3) is 5.82. The minimum Gasteiger partial charge on any atom is -0.395 e. The van der Waals surface area contributed by atoms with Crippen molar-refractivity contribution in [1.29, 1.82) is 0 Å². The van der Waals surface area contributed by atoms with Gasteiger partial charge in [0.15, 0.2) is 0 Å². The number of hydrogen-bond acceptors (Lipinski definition) is 3. The zero-order chi connectivity index (χ0) is 14.1. The lowest BCUT2D eigenvalue weighted by molar-refractivity contribution is -0.127. The van der Waals surface area contributed by atoms with E-state index in [0.29, 0.717) is 18.7 Å². The second-order valence-electron chi connectivity index (χ2n) is 4.16. The van der Waals surface area contributed by atoms with Crippen molar-refractivity contribution in [3.63, 3.8) is 0 Å². The molecule has 1 aromatic carbocycles. The average molecular weight is 277 g/mol. The summed E-state index contributed by atoms with van der Waals surface area (Å²) in [6.45, 7) is 0.674. The van der Waals surface area contributed by atoms with E-state index < -0.39 is 0 Å². The van der Waals surface area contributed by atoms with E-state index in [4.69, 9.17) is 5.11 Å². The fraction of sp³-hybridized carbons (Fsp3) is 0.400. The van der Waals surface area contributed by atoms with Crippen LogP contribution in [0.5, 0.6) is 0 Å². The summed E-state index contributed by atoms with van der Waals surface area (Å²) in [5, 5.41) is 8.68. The monoisotopic (exact) mass is 277 g/mol. The molecule has 1 rings (SSSR count). The fourth-order valence-electron chi connectivity index (χ4n) is 1.56. The van der Waals surface area contributed by atoms with Gasteiger partial charge in [0, 0.05) is 25.6 Å². The number of thioether (sulfide) groups is 1. The molecule has 0 bridgehead atoms. The third-order valence-corrected chi connectivity index (χ3v) is 3.05. The Morgan fingerprint density at radius 3 is 2.95 bits per heavy atom. The Hall–Kier alpha value is -1.44. The second-order valence-corrected chi connectivity index (χ2v) is 5.02. The molecule has 3 nitrogen and oxygen atoms in total. The molecule has 19 heavy (non-hydrogen) atoms. The smallest absolute Gasteiger partial charge is 0.232 e. The molecular formula is C15H19NO2S. The molecule has 0 saturated carbocycles. The number of carbonyl (C=O) groups excluding carboxylic acids is 1. The SMILES string of the molecule is CSCC(=O)N(C)Cc1cccc(C#CCCO)c1. The standard InChI is InChI=1S/C15H19NO2S/c1-16(15(18)12-19-2)11-14-8-5-7-13(10-14)6-3-4-9-17/h5,7-8,10,17H,4,9,11-12H2,1-2H3. The molecule has 1 amide bonds. The van der Waals surface area contributed by atoms with E-state index in [1.165, 1.54) is 11.8 Å². The van der Waals surface area contributed by atoms with Crippen LogP contribution in [0.1, 0.15) is 17.5 Å². The maximum absolute atomic E-state index is 11.7. The number of amides is 1. The molecule has 102 valence electrons. The van der Waals surface area contributed by atoms with Gasteiger partial charge in [0.1, 0.15) is 0 Å². The van der Waals surface area contributed by atoms with E-state index in [9.17, 15) is 4.79 Å². The van der Waals surface area contributed by atoms with Crippen molar-refractivity contribution in [2.75, 3.05) is 25.7 Å². The quantitative estimate of drug-likeness (QED) is 0.834. The Balaban J connectivity index is 2.67. The van der Waals surface area contributed by atoms with Gasteiger partial charge in [-0.3, -0.25) is 4.79 Å². The van der Waals surface area contributed by atoms with Gasteiger partial charge >= 0.3 is 0 Å². The Kier molecular flexibility index (Phi) is 7.09.